The van der Waals surface area contributed by atoms with E-state index in [0.717, 1.165) is 5.56 Å². The fourth-order valence-electron chi connectivity index (χ4n) is 0.903. The van der Waals surface area contributed by atoms with Gasteiger partial charge in [0, 0.05) is 6.54 Å². The van der Waals surface area contributed by atoms with Crippen LogP contribution in [0.2, 0.25) is 0 Å². The molecule has 0 unspecified atom stereocenters. The molecule has 0 saturated heterocycles. The van der Waals surface area contributed by atoms with E-state index in [9.17, 15) is 4.79 Å². The lowest BCUT2D eigenvalue weighted by molar-refractivity contribution is -0.135. The Bertz CT molecular complexity index is 306. The normalized spacial score (nSPS) is 12.2. The molecule has 0 saturated carbocycles. The van der Waals surface area contributed by atoms with Gasteiger partial charge in [0.2, 0.25) is 0 Å². The molecule has 0 fully saturated rings. The smallest absolute Gasteiger partial charge is 0.328 e. The molecular formula is C10H14N2O2. The van der Waals surface area contributed by atoms with E-state index in [2.05, 4.69) is 0 Å². The van der Waals surface area contributed by atoms with Crippen LogP contribution in [0.15, 0.2) is 24.3 Å². The van der Waals surface area contributed by atoms with E-state index in [1.807, 2.05) is 12.1 Å². The second-order valence-corrected chi connectivity index (χ2v) is 3.06. The summed E-state index contributed by atoms with van der Waals surface area (Å²) in [5.41, 5.74) is 11.8. The van der Waals surface area contributed by atoms with Crippen LogP contribution >= 0.6 is 0 Å². The summed E-state index contributed by atoms with van der Waals surface area (Å²) in [7, 11) is 0. The summed E-state index contributed by atoms with van der Waals surface area (Å²) in [6.45, 7) is 2.05. The highest BCUT2D eigenvalue weighted by atomic mass is 16.5. The third-order valence-corrected chi connectivity index (χ3v) is 1.75. The lowest BCUT2D eigenvalue weighted by atomic mass is 10.2. The van der Waals surface area contributed by atoms with Gasteiger partial charge < -0.3 is 16.2 Å². The Balaban J connectivity index is 2.64. The zero-order valence-corrected chi connectivity index (χ0v) is 8.07. The molecule has 0 spiro atoms. The minimum atomic E-state index is -0.607. The van der Waals surface area contributed by atoms with Crippen LogP contribution < -0.4 is 16.2 Å². The first-order chi connectivity index (χ1) is 6.63. The molecule has 0 aliphatic rings. The van der Waals surface area contributed by atoms with Crippen LogP contribution in [0.25, 0.3) is 0 Å². The van der Waals surface area contributed by atoms with E-state index in [1.165, 1.54) is 0 Å². The third kappa shape index (κ3) is 2.83. The zero-order chi connectivity index (χ0) is 10.6. The number of hydrogen-bond donors (Lipinski definition) is 2. The van der Waals surface area contributed by atoms with Gasteiger partial charge in [-0.15, -0.1) is 0 Å². The molecule has 0 heterocycles. The van der Waals surface area contributed by atoms with Crippen LogP contribution in [0.3, 0.4) is 0 Å². The molecule has 0 aromatic heterocycles. The number of esters is 1. The third-order valence-electron chi connectivity index (χ3n) is 1.75. The molecule has 4 N–H and O–H groups in total. The molecule has 0 aliphatic carbocycles. The van der Waals surface area contributed by atoms with Crippen molar-refractivity contribution in [2.75, 3.05) is 0 Å². The minimum absolute atomic E-state index is 0.439. The molecule has 1 atom stereocenters. The van der Waals surface area contributed by atoms with Gasteiger partial charge in [-0.1, -0.05) is 12.1 Å². The second kappa shape index (κ2) is 4.74. The monoisotopic (exact) mass is 194 g/mol. The highest BCUT2D eigenvalue weighted by Crippen LogP contribution is 2.12. The fraction of sp³-hybridized carbons (Fsp3) is 0.300. The Morgan fingerprint density at radius 3 is 2.43 bits per heavy atom. The standard InChI is InChI=1S/C10H14N2O2/c1-7(12)10(13)14-9-4-2-8(6-11)3-5-9/h2-5,7H,6,11-12H2,1H3/t7-/m0/s1. The van der Waals surface area contributed by atoms with Crippen LogP contribution in [-0.4, -0.2) is 12.0 Å². The van der Waals surface area contributed by atoms with E-state index >= 15 is 0 Å². The maximum atomic E-state index is 11.1. The first-order valence-electron chi connectivity index (χ1n) is 4.39. The average Bonchev–Trinajstić information content (AvgIpc) is 2.19. The van der Waals surface area contributed by atoms with Crippen LogP contribution in [0.1, 0.15) is 12.5 Å². The molecule has 0 aliphatic heterocycles. The predicted octanol–water partition coefficient (Wildman–Crippen LogP) is 0.398. The number of hydrogen-bond acceptors (Lipinski definition) is 4. The van der Waals surface area contributed by atoms with E-state index in [0.29, 0.717) is 12.3 Å². The fourth-order valence-corrected chi connectivity index (χ4v) is 0.903. The summed E-state index contributed by atoms with van der Waals surface area (Å²) in [6, 6.07) is 6.41. The second-order valence-electron chi connectivity index (χ2n) is 3.06. The Hall–Kier alpha value is -1.39. The highest BCUT2D eigenvalue weighted by molar-refractivity contribution is 5.77. The first-order valence-corrected chi connectivity index (χ1v) is 4.39. The Morgan fingerprint density at radius 2 is 2.00 bits per heavy atom. The number of nitrogens with two attached hydrogens (primary N) is 2. The average molecular weight is 194 g/mol. The quantitative estimate of drug-likeness (QED) is 0.539. The lowest BCUT2D eigenvalue weighted by Crippen LogP contribution is -2.30. The minimum Gasteiger partial charge on any atom is -0.425 e. The van der Waals surface area contributed by atoms with Crippen molar-refractivity contribution in [1.29, 1.82) is 0 Å². The highest BCUT2D eigenvalue weighted by Gasteiger charge is 2.09. The summed E-state index contributed by atoms with van der Waals surface area (Å²) in [6.07, 6.45) is 0. The molecule has 0 bridgehead atoms. The summed E-state index contributed by atoms with van der Waals surface area (Å²) in [5, 5.41) is 0. The molecule has 76 valence electrons. The van der Waals surface area contributed by atoms with Gasteiger partial charge in [0.15, 0.2) is 0 Å². The molecule has 1 aromatic carbocycles. The van der Waals surface area contributed by atoms with E-state index in [-0.39, 0.29) is 0 Å². The topological polar surface area (TPSA) is 78.3 Å². The van der Waals surface area contributed by atoms with Gasteiger partial charge in [-0.05, 0) is 24.6 Å². The van der Waals surface area contributed by atoms with Crippen molar-refractivity contribution in [3.63, 3.8) is 0 Å². The summed E-state index contributed by atoms with van der Waals surface area (Å²) in [4.78, 5) is 11.1. The van der Waals surface area contributed by atoms with E-state index < -0.39 is 12.0 Å². The van der Waals surface area contributed by atoms with Crippen molar-refractivity contribution in [1.82, 2.24) is 0 Å². The van der Waals surface area contributed by atoms with Gasteiger partial charge in [-0.2, -0.15) is 0 Å². The van der Waals surface area contributed by atoms with Crippen LogP contribution in [-0.2, 0) is 11.3 Å². The number of carbonyl (C=O) groups is 1. The summed E-state index contributed by atoms with van der Waals surface area (Å²) in [5.74, 6) is 0.0509. The molecule has 4 nitrogen and oxygen atoms in total. The number of ether oxygens (including phenoxy) is 1. The van der Waals surface area contributed by atoms with Crippen molar-refractivity contribution in [2.45, 2.75) is 19.5 Å². The Morgan fingerprint density at radius 1 is 1.43 bits per heavy atom. The van der Waals surface area contributed by atoms with Gasteiger partial charge >= 0.3 is 5.97 Å². The maximum Gasteiger partial charge on any atom is 0.328 e. The Kier molecular flexibility index (Phi) is 3.62. The van der Waals surface area contributed by atoms with E-state index in [1.54, 1.807) is 19.1 Å². The molecule has 1 rings (SSSR count). The lowest BCUT2D eigenvalue weighted by Gasteiger charge is -2.06. The molecule has 0 radical (unpaired) electrons. The van der Waals surface area contributed by atoms with Crippen LogP contribution in [0, 0.1) is 0 Å². The molecule has 1 aromatic rings. The van der Waals surface area contributed by atoms with Crippen molar-refractivity contribution >= 4 is 5.97 Å². The molecule has 14 heavy (non-hydrogen) atoms. The van der Waals surface area contributed by atoms with Gasteiger partial charge in [0.05, 0.1) is 0 Å². The summed E-state index contributed by atoms with van der Waals surface area (Å²) >= 11 is 0. The van der Waals surface area contributed by atoms with Gasteiger partial charge in [0.25, 0.3) is 0 Å². The van der Waals surface area contributed by atoms with Crippen LogP contribution in [0.5, 0.6) is 5.75 Å². The largest absolute Gasteiger partial charge is 0.425 e. The van der Waals surface area contributed by atoms with Crippen molar-refractivity contribution < 1.29 is 9.53 Å². The van der Waals surface area contributed by atoms with Crippen molar-refractivity contribution in [3.8, 4) is 5.75 Å². The molecule has 4 heteroatoms. The van der Waals surface area contributed by atoms with Crippen LogP contribution in [0.4, 0.5) is 0 Å². The zero-order valence-electron chi connectivity index (χ0n) is 8.07. The first kappa shape index (κ1) is 10.7. The summed E-state index contributed by atoms with van der Waals surface area (Å²) < 4.78 is 4.97. The van der Waals surface area contributed by atoms with E-state index in [4.69, 9.17) is 16.2 Å². The number of benzene rings is 1. The maximum absolute atomic E-state index is 11.1. The number of rotatable bonds is 3. The van der Waals surface area contributed by atoms with Crippen molar-refractivity contribution in [2.24, 2.45) is 11.5 Å². The number of carbonyl (C=O) groups excluding carboxylic acids is 1. The Labute approximate surface area is 82.8 Å². The molecule has 0 amide bonds. The van der Waals surface area contributed by atoms with Gasteiger partial charge in [-0.3, -0.25) is 0 Å². The van der Waals surface area contributed by atoms with Crippen molar-refractivity contribution in [3.05, 3.63) is 29.8 Å². The molecular weight excluding hydrogens is 180 g/mol. The SMILES string of the molecule is C[C@H](N)C(=O)Oc1ccc(CN)cc1. The predicted molar refractivity (Wildman–Crippen MR) is 53.6 cm³/mol. The van der Waals surface area contributed by atoms with Gasteiger partial charge in [-0.25, -0.2) is 4.79 Å². The van der Waals surface area contributed by atoms with Gasteiger partial charge in [0.1, 0.15) is 11.8 Å².